The second-order valence-electron chi connectivity index (χ2n) is 6.76. The van der Waals surface area contributed by atoms with E-state index in [9.17, 15) is 4.39 Å². The first-order chi connectivity index (χ1) is 9.77. The van der Waals surface area contributed by atoms with Gasteiger partial charge in [0.25, 0.3) is 0 Å². The standard InChI is InChI=1S/C19H24FN/c1-13-11-16(20)9-10-17(13)18(21)12-14-5-7-15(8-6-14)19(2,3)4/h5-11,18H,12,21H2,1-4H3. The fraction of sp³-hybridized carbons (Fsp3) is 0.368. The fourth-order valence-corrected chi connectivity index (χ4v) is 2.56. The van der Waals surface area contributed by atoms with Gasteiger partial charge in [0, 0.05) is 6.04 Å². The van der Waals surface area contributed by atoms with Gasteiger partial charge in [-0.25, -0.2) is 4.39 Å². The topological polar surface area (TPSA) is 26.0 Å². The molecule has 0 bridgehead atoms. The monoisotopic (exact) mass is 285 g/mol. The average Bonchev–Trinajstić information content (AvgIpc) is 2.38. The Kier molecular flexibility index (Phi) is 4.48. The first kappa shape index (κ1) is 15.7. The Bertz CT molecular complexity index is 608. The third-order valence-electron chi connectivity index (χ3n) is 3.91. The molecule has 0 spiro atoms. The highest BCUT2D eigenvalue weighted by molar-refractivity contribution is 5.32. The molecule has 2 aromatic rings. The lowest BCUT2D eigenvalue weighted by Crippen LogP contribution is -2.15. The van der Waals surface area contributed by atoms with E-state index >= 15 is 0 Å². The molecule has 0 fully saturated rings. The number of aryl methyl sites for hydroxylation is 1. The number of benzene rings is 2. The molecule has 0 saturated carbocycles. The maximum Gasteiger partial charge on any atom is 0.123 e. The number of nitrogens with two attached hydrogens (primary N) is 1. The van der Waals surface area contributed by atoms with Crippen molar-refractivity contribution in [2.45, 2.75) is 45.6 Å². The van der Waals surface area contributed by atoms with Crippen LogP contribution in [0.3, 0.4) is 0 Å². The molecule has 2 aromatic carbocycles. The summed E-state index contributed by atoms with van der Waals surface area (Å²) in [4.78, 5) is 0. The predicted molar refractivity (Wildman–Crippen MR) is 86.9 cm³/mol. The van der Waals surface area contributed by atoms with Gasteiger partial charge in [0.2, 0.25) is 0 Å². The molecule has 0 radical (unpaired) electrons. The molecule has 112 valence electrons. The van der Waals surface area contributed by atoms with Crippen molar-refractivity contribution in [3.8, 4) is 0 Å². The normalized spacial score (nSPS) is 13.2. The van der Waals surface area contributed by atoms with Crippen molar-refractivity contribution in [1.29, 1.82) is 0 Å². The molecule has 0 aliphatic carbocycles. The summed E-state index contributed by atoms with van der Waals surface area (Å²) in [6.45, 7) is 8.52. The number of halogens is 1. The maximum atomic E-state index is 13.2. The SMILES string of the molecule is Cc1cc(F)ccc1C(N)Cc1ccc(C(C)(C)C)cc1. The summed E-state index contributed by atoms with van der Waals surface area (Å²) in [7, 11) is 0. The Morgan fingerprint density at radius 2 is 1.67 bits per heavy atom. The van der Waals surface area contributed by atoms with Gasteiger partial charge in [-0.1, -0.05) is 51.1 Å². The second-order valence-corrected chi connectivity index (χ2v) is 6.76. The molecular formula is C19H24FN. The highest BCUT2D eigenvalue weighted by Crippen LogP contribution is 2.24. The van der Waals surface area contributed by atoms with Crippen LogP contribution in [0, 0.1) is 12.7 Å². The molecule has 2 heteroatoms. The smallest absolute Gasteiger partial charge is 0.123 e. The molecule has 0 aromatic heterocycles. The van der Waals surface area contributed by atoms with Crippen LogP contribution in [-0.4, -0.2) is 0 Å². The number of hydrogen-bond donors (Lipinski definition) is 1. The van der Waals surface area contributed by atoms with Crippen LogP contribution in [-0.2, 0) is 11.8 Å². The van der Waals surface area contributed by atoms with E-state index < -0.39 is 0 Å². The largest absolute Gasteiger partial charge is 0.324 e. The Hall–Kier alpha value is -1.67. The van der Waals surface area contributed by atoms with E-state index in [4.69, 9.17) is 5.73 Å². The number of rotatable bonds is 3. The van der Waals surface area contributed by atoms with Crippen molar-refractivity contribution in [2.24, 2.45) is 5.73 Å². The van der Waals surface area contributed by atoms with E-state index in [0.29, 0.717) is 0 Å². The van der Waals surface area contributed by atoms with E-state index in [1.807, 2.05) is 6.92 Å². The molecule has 1 atom stereocenters. The zero-order valence-electron chi connectivity index (χ0n) is 13.3. The summed E-state index contributed by atoms with van der Waals surface area (Å²) in [5.41, 5.74) is 10.9. The maximum absolute atomic E-state index is 13.2. The van der Waals surface area contributed by atoms with Gasteiger partial charge in [0.15, 0.2) is 0 Å². The lowest BCUT2D eigenvalue weighted by molar-refractivity contribution is 0.589. The van der Waals surface area contributed by atoms with E-state index in [2.05, 4.69) is 45.0 Å². The summed E-state index contributed by atoms with van der Waals surface area (Å²) < 4.78 is 13.2. The molecule has 0 saturated heterocycles. The Balaban J connectivity index is 2.14. The second kappa shape index (κ2) is 5.98. The molecular weight excluding hydrogens is 261 g/mol. The van der Waals surface area contributed by atoms with E-state index in [-0.39, 0.29) is 17.3 Å². The van der Waals surface area contributed by atoms with Crippen LogP contribution in [0.2, 0.25) is 0 Å². The first-order valence-corrected chi connectivity index (χ1v) is 7.38. The van der Waals surface area contributed by atoms with Crippen LogP contribution in [0.4, 0.5) is 4.39 Å². The van der Waals surface area contributed by atoms with Crippen LogP contribution < -0.4 is 5.73 Å². The van der Waals surface area contributed by atoms with Gasteiger partial charge in [0.05, 0.1) is 0 Å². The van der Waals surface area contributed by atoms with Crippen molar-refractivity contribution in [3.63, 3.8) is 0 Å². The van der Waals surface area contributed by atoms with Gasteiger partial charge in [-0.2, -0.15) is 0 Å². The molecule has 2 N–H and O–H groups in total. The third-order valence-corrected chi connectivity index (χ3v) is 3.91. The molecule has 0 heterocycles. The molecule has 0 aliphatic heterocycles. The molecule has 1 nitrogen and oxygen atoms in total. The molecule has 0 amide bonds. The van der Waals surface area contributed by atoms with Gasteiger partial charge in [0.1, 0.15) is 5.82 Å². The van der Waals surface area contributed by atoms with Gasteiger partial charge in [-0.05, 0) is 53.1 Å². The van der Waals surface area contributed by atoms with Crippen molar-refractivity contribution >= 4 is 0 Å². The lowest BCUT2D eigenvalue weighted by Gasteiger charge is -2.20. The third kappa shape index (κ3) is 3.92. The van der Waals surface area contributed by atoms with Crippen molar-refractivity contribution in [3.05, 3.63) is 70.5 Å². The average molecular weight is 285 g/mol. The lowest BCUT2D eigenvalue weighted by atomic mass is 9.86. The zero-order valence-corrected chi connectivity index (χ0v) is 13.3. The van der Waals surface area contributed by atoms with Crippen LogP contribution in [0.25, 0.3) is 0 Å². The van der Waals surface area contributed by atoms with Crippen LogP contribution in [0.1, 0.15) is 49.1 Å². The highest BCUT2D eigenvalue weighted by atomic mass is 19.1. The molecule has 0 aliphatic rings. The Morgan fingerprint density at radius 1 is 1.05 bits per heavy atom. The molecule has 1 unspecified atom stereocenters. The minimum atomic E-state index is -0.210. The van der Waals surface area contributed by atoms with Crippen molar-refractivity contribution in [2.75, 3.05) is 0 Å². The molecule has 2 rings (SSSR count). The van der Waals surface area contributed by atoms with E-state index in [1.54, 1.807) is 6.07 Å². The minimum absolute atomic E-state index is 0.105. The summed E-state index contributed by atoms with van der Waals surface area (Å²) in [6, 6.07) is 13.3. The molecule has 21 heavy (non-hydrogen) atoms. The minimum Gasteiger partial charge on any atom is -0.324 e. The van der Waals surface area contributed by atoms with Crippen molar-refractivity contribution in [1.82, 2.24) is 0 Å². The Labute approximate surface area is 127 Å². The van der Waals surface area contributed by atoms with Crippen molar-refractivity contribution < 1.29 is 4.39 Å². The quantitative estimate of drug-likeness (QED) is 0.871. The highest BCUT2D eigenvalue weighted by Gasteiger charge is 2.14. The van der Waals surface area contributed by atoms with Gasteiger partial charge < -0.3 is 5.73 Å². The number of hydrogen-bond acceptors (Lipinski definition) is 1. The van der Waals surface area contributed by atoms with Gasteiger partial charge in [-0.3, -0.25) is 0 Å². The first-order valence-electron chi connectivity index (χ1n) is 7.38. The summed E-state index contributed by atoms with van der Waals surface area (Å²) in [5, 5.41) is 0. The van der Waals surface area contributed by atoms with Crippen LogP contribution in [0.15, 0.2) is 42.5 Å². The Morgan fingerprint density at radius 3 is 2.19 bits per heavy atom. The summed E-state index contributed by atoms with van der Waals surface area (Å²) in [5.74, 6) is -0.210. The van der Waals surface area contributed by atoms with Crippen LogP contribution >= 0.6 is 0 Å². The van der Waals surface area contributed by atoms with Crippen LogP contribution in [0.5, 0.6) is 0 Å². The summed E-state index contributed by atoms with van der Waals surface area (Å²) in [6.07, 6.45) is 0.761. The zero-order chi connectivity index (χ0) is 15.6. The predicted octanol–water partition coefficient (Wildman–Crippen LogP) is 4.67. The van der Waals surface area contributed by atoms with Gasteiger partial charge in [-0.15, -0.1) is 0 Å². The van der Waals surface area contributed by atoms with E-state index in [0.717, 1.165) is 17.5 Å². The van der Waals surface area contributed by atoms with Gasteiger partial charge >= 0.3 is 0 Å². The van der Waals surface area contributed by atoms with E-state index in [1.165, 1.54) is 23.3 Å². The fourth-order valence-electron chi connectivity index (χ4n) is 2.56. The summed E-state index contributed by atoms with van der Waals surface area (Å²) >= 11 is 0.